The minimum atomic E-state index is -3.55. The van der Waals surface area contributed by atoms with Crippen LogP contribution in [0.5, 0.6) is 0 Å². The molecule has 7 heteroatoms. The Morgan fingerprint density at radius 3 is 2.56 bits per heavy atom. The number of carbonyl (C=O) groups excluding carboxylic acids is 1. The fourth-order valence-electron chi connectivity index (χ4n) is 2.96. The predicted molar refractivity (Wildman–Crippen MR) is 105 cm³/mol. The van der Waals surface area contributed by atoms with Crippen LogP contribution in [0.2, 0.25) is 0 Å². The second kappa shape index (κ2) is 7.92. The van der Waals surface area contributed by atoms with Crippen LogP contribution in [-0.4, -0.2) is 26.7 Å². The monoisotopic (exact) mass is 385 g/mol. The van der Waals surface area contributed by atoms with Gasteiger partial charge in [0.2, 0.25) is 5.91 Å². The van der Waals surface area contributed by atoms with Gasteiger partial charge in [-0.3, -0.25) is 14.5 Å². The van der Waals surface area contributed by atoms with Gasteiger partial charge in [-0.15, -0.1) is 0 Å². The molecule has 0 spiro atoms. The van der Waals surface area contributed by atoms with Crippen LogP contribution in [0.15, 0.2) is 58.4 Å². The highest BCUT2D eigenvalue weighted by Gasteiger charge is 2.29. The molecule has 0 saturated carbocycles. The van der Waals surface area contributed by atoms with Gasteiger partial charge < -0.3 is 5.32 Å². The zero-order chi connectivity index (χ0) is 19.4. The molecule has 0 aromatic heterocycles. The van der Waals surface area contributed by atoms with E-state index < -0.39 is 10.0 Å². The number of rotatable bonds is 6. The number of carbonyl (C=O) groups is 1. The van der Waals surface area contributed by atoms with Gasteiger partial charge in [0.15, 0.2) is 0 Å². The molecule has 1 atom stereocenters. The Kier molecular flexibility index (Phi) is 5.60. The van der Waals surface area contributed by atoms with Gasteiger partial charge in [-0.1, -0.05) is 43.3 Å². The topological polar surface area (TPSA) is 87.6 Å². The van der Waals surface area contributed by atoms with Gasteiger partial charge in [-0.2, -0.15) is 0 Å². The van der Waals surface area contributed by atoms with Gasteiger partial charge in [0, 0.05) is 12.0 Å². The number of hydrogen-bond acceptors (Lipinski definition) is 4. The third-order valence-electron chi connectivity index (χ3n) is 4.54. The SMILES string of the molecule is CCc1ccc(C(C)NC(=O)CCN=C2NS(=O)(=O)c3ccccc32)cc1. The second-order valence-electron chi connectivity index (χ2n) is 6.47. The van der Waals surface area contributed by atoms with Crippen LogP contribution in [0.4, 0.5) is 0 Å². The highest BCUT2D eigenvalue weighted by molar-refractivity contribution is 7.90. The molecule has 1 amide bonds. The summed E-state index contributed by atoms with van der Waals surface area (Å²) in [7, 11) is -3.55. The van der Waals surface area contributed by atoms with E-state index in [1.807, 2.05) is 19.1 Å². The molecule has 0 radical (unpaired) electrons. The second-order valence-corrected chi connectivity index (χ2v) is 8.12. The molecule has 1 heterocycles. The molecule has 2 aromatic carbocycles. The number of fused-ring (bicyclic) bond motifs is 1. The van der Waals surface area contributed by atoms with Crippen molar-refractivity contribution in [3.63, 3.8) is 0 Å². The maximum absolute atomic E-state index is 12.2. The van der Waals surface area contributed by atoms with Crippen LogP contribution in [-0.2, 0) is 21.2 Å². The Labute approximate surface area is 159 Å². The average molecular weight is 385 g/mol. The third-order valence-corrected chi connectivity index (χ3v) is 5.93. The molecule has 2 N–H and O–H groups in total. The van der Waals surface area contributed by atoms with Gasteiger partial charge in [0.05, 0.1) is 17.5 Å². The normalized spacial score (nSPS) is 17.2. The van der Waals surface area contributed by atoms with E-state index >= 15 is 0 Å². The summed E-state index contributed by atoms with van der Waals surface area (Å²) in [5.41, 5.74) is 2.85. The molecule has 2 aromatic rings. The number of amidine groups is 1. The summed E-state index contributed by atoms with van der Waals surface area (Å²) in [6.45, 7) is 4.25. The summed E-state index contributed by atoms with van der Waals surface area (Å²) in [6.07, 6.45) is 1.17. The molecule has 142 valence electrons. The average Bonchev–Trinajstić information content (AvgIpc) is 2.92. The van der Waals surface area contributed by atoms with Gasteiger partial charge in [0.25, 0.3) is 10.0 Å². The number of aliphatic imine (C=N–C) groups is 1. The predicted octanol–water partition coefficient (Wildman–Crippen LogP) is 2.56. The van der Waals surface area contributed by atoms with Crippen molar-refractivity contribution >= 4 is 21.8 Å². The van der Waals surface area contributed by atoms with Crippen molar-refractivity contribution in [2.45, 2.75) is 37.6 Å². The minimum Gasteiger partial charge on any atom is -0.350 e. The lowest BCUT2D eigenvalue weighted by Crippen LogP contribution is -2.27. The van der Waals surface area contributed by atoms with Crippen LogP contribution in [0.25, 0.3) is 0 Å². The van der Waals surface area contributed by atoms with E-state index in [1.165, 1.54) is 5.56 Å². The molecule has 27 heavy (non-hydrogen) atoms. The molecule has 0 aliphatic carbocycles. The van der Waals surface area contributed by atoms with E-state index in [1.54, 1.807) is 24.3 Å². The summed E-state index contributed by atoms with van der Waals surface area (Å²) in [5, 5.41) is 2.95. The van der Waals surface area contributed by atoms with Crippen LogP contribution < -0.4 is 10.0 Å². The van der Waals surface area contributed by atoms with Crippen LogP contribution in [0, 0.1) is 0 Å². The van der Waals surface area contributed by atoms with Crippen molar-refractivity contribution in [2.75, 3.05) is 6.54 Å². The van der Waals surface area contributed by atoms with Crippen LogP contribution >= 0.6 is 0 Å². The first-order valence-corrected chi connectivity index (χ1v) is 10.4. The Balaban J connectivity index is 1.57. The summed E-state index contributed by atoms with van der Waals surface area (Å²) in [6, 6.07) is 14.7. The van der Waals surface area contributed by atoms with Gasteiger partial charge in [0.1, 0.15) is 5.84 Å². The summed E-state index contributed by atoms with van der Waals surface area (Å²) in [5.74, 6) is 0.169. The Morgan fingerprint density at radius 1 is 1.15 bits per heavy atom. The highest BCUT2D eigenvalue weighted by atomic mass is 32.2. The lowest BCUT2D eigenvalue weighted by molar-refractivity contribution is -0.121. The van der Waals surface area contributed by atoms with Crippen molar-refractivity contribution in [1.29, 1.82) is 0 Å². The molecule has 1 unspecified atom stereocenters. The maximum Gasteiger partial charge on any atom is 0.263 e. The summed E-state index contributed by atoms with van der Waals surface area (Å²) >= 11 is 0. The first-order valence-electron chi connectivity index (χ1n) is 8.95. The Morgan fingerprint density at radius 2 is 1.85 bits per heavy atom. The number of benzene rings is 2. The van der Waals surface area contributed by atoms with E-state index in [9.17, 15) is 13.2 Å². The maximum atomic E-state index is 12.2. The molecular formula is C20H23N3O3S. The van der Waals surface area contributed by atoms with Crippen molar-refractivity contribution in [2.24, 2.45) is 4.99 Å². The van der Waals surface area contributed by atoms with Crippen molar-refractivity contribution < 1.29 is 13.2 Å². The molecule has 0 saturated heterocycles. The fourth-order valence-corrected chi connectivity index (χ4v) is 4.21. The Bertz CT molecular complexity index is 966. The zero-order valence-electron chi connectivity index (χ0n) is 15.4. The fraction of sp³-hybridized carbons (Fsp3) is 0.300. The number of hydrogen-bond donors (Lipinski definition) is 2. The number of aryl methyl sites for hydroxylation is 1. The van der Waals surface area contributed by atoms with Gasteiger partial charge >= 0.3 is 0 Å². The van der Waals surface area contributed by atoms with Crippen molar-refractivity contribution in [1.82, 2.24) is 10.0 Å². The molecule has 3 rings (SSSR count). The molecule has 0 bridgehead atoms. The standard InChI is InChI=1S/C20H23N3O3S/c1-3-15-8-10-16(11-9-15)14(2)22-19(24)12-13-21-20-17-6-4-5-7-18(17)27(25,26)23-20/h4-11,14H,3,12-13H2,1-2H3,(H,21,23)(H,22,24). The summed E-state index contributed by atoms with van der Waals surface area (Å²) in [4.78, 5) is 16.7. The van der Waals surface area contributed by atoms with E-state index in [4.69, 9.17) is 0 Å². The molecular weight excluding hydrogens is 362 g/mol. The summed E-state index contributed by atoms with van der Waals surface area (Å²) < 4.78 is 26.5. The smallest absolute Gasteiger partial charge is 0.263 e. The Hall–Kier alpha value is -2.67. The highest BCUT2D eigenvalue weighted by Crippen LogP contribution is 2.22. The number of sulfonamides is 1. The van der Waals surface area contributed by atoms with E-state index in [0.717, 1.165) is 12.0 Å². The third kappa shape index (κ3) is 4.36. The first kappa shape index (κ1) is 19.1. The van der Waals surface area contributed by atoms with Crippen LogP contribution in [0.3, 0.4) is 0 Å². The van der Waals surface area contributed by atoms with Crippen LogP contribution in [0.1, 0.15) is 43.0 Å². The minimum absolute atomic E-state index is 0.0956. The quantitative estimate of drug-likeness (QED) is 0.801. The molecule has 1 aliphatic heterocycles. The van der Waals surface area contributed by atoms with Gasteiger partial charge in [-0.05, 0) is 36.6 Å². The van der Waals surface area contributed by atoms with Gasteiger partial charge in [-0.25, -0.2) is 8.42 Å². The van der Waals surface area contributed by atoms with E-state index in [2.05, 4.69) is 34.1 Å². The largest absolute Gasteiger partial charge is 0.350 e. The lowest BCUT2D eigenvalue weighted by Gasteiger charge is -2.14. The number of nitrogens with zero attached hydrogens (tertiary/aromatic N) is 1. The lowest BCUT2D eigenvalue weighted by atomic mass is 10.0. The zero-order valence-corrected chi connectivity index (χ0v) is 16.2. The van der Waals surface area contributed by atoms with E-state index in [-0.39, 0.29) is 29.8 Å². The molecule has 1 aliphatic rings. The number of nitrogens with one attached hydrogen (secondary N) is 2. The van der Waals surface area contributed by atoms with E-state index in [0.29, 0.717) is 11.4 Å². The van der Waals surface area contributed by atoms with Crippen molar-refractivity contribution in [3.05, 3.63) is 65.2 Å². The van der Waals surface area contributed by atoms with Crippen molar-refractivity contribution in [3.8, 4) is 0 Å². The number of amides is 1. The molecule has 0 fully saturated rings. The first-order chi connectivity index (χ1) is 12.9. The molecule has 6 nitrogen and oxygen atoms in total.